The van der Waals surface area contributed by atoms with Gasteiger partial charge in [-0.1, -0.05) is 24.3 Å². The highest BCUT2D eigenvalue weighted by Gasteiger charge is 1.78. The summed E-state index contributed by atoms with van der Waals surface area (Å²) in [4.78, 5) is 0. The first kappa shape index (κ1) is 13.6. The van der Waals surface area contributed by atoms with E-state index >= 15 is 0 Å². The minimum absolute atomic E-state index is 0. The lowest BCUT2D eigenvalue weighted by atomic mass is 10.3. The lowest BCUT2D eigenvalue weighted by molar-refractivity contribution is 0.286. The Morgan fingerprint density at radius 2 is 1.87 bits per heavy atom. The van der Waals surface area contributed by atoms with Gasteiger partial charge in [-0.2, -0.15) is 13.5 Å². The number of allylic oxidation sites excluding steroid dienone is 2. The Kier molecular flexibility index (Phi) is 8.33. The fourth-order valence-corrected chi connectivity index (χ4v) is 0.881. The third-order valence-electron chi connectivity index (χ3n) is 1.55. The van der Waals surface area contributed by atoms with Crippen LogP contribution >= 0.6 is 13.5 Å². The van der Waals surface area contributed by atoms with E-state index in [2.05, 4.69) is 5.43 Å². The predicted molar refractivity (Wildman–Crippen MR) is 68.9 cm³/mol. The molecule has 0 aromatic heterocycles. The van der Waals surface area contributed by atoms with Gasteiger partial charge in [0.25, 0.3) is 0 Å². The van der Waals surface area contributed by atoms with Gasteiger partial charge in [0.15, 0.2) is 0 Å². The van der Waals surface area contributed by atoms with E-state index in [0.717, 1.165) is 12.3 Å². The van der Waals surface area contributed by atoms with Gasteiger partial charge >= 0.3 is 0 Å². The van der Waals surface area contributed by atoms with Gasteiger partial charge in [0.2, 0.25) is 0 Å². The molecule has 0 saturated carbocycles. The van der Waals surface area contributed by atoms with E-state index in [9.17, 15) is 0 Å². The van der Waals surface area contributed by atoms with Crippen molar-refractivity contribution in [2.45, 2.75) is 0 Å². The first-order chi connectivity index (χ1) is 6.93. The zero-order chi connectivity index (χ0) is 10.1. The van der Waals surface area contributed by atoms with E-state index < -0.39 is 0 Å². The fraction of sp³-hybridized carbons (Fsp3) is 0.0909. The van der Waals surface area contributed by atoms with Crippen molar-refractivity contribution in [3.05, 3.63) is 54.8 Å². The van der Waals surface area contributed by atoms with Gasteiger partial charge in [0.1, 0.15) is 6.61 Å². The lowest BCUT2D eigenvalue weighted by Gasteiger charge is -1.94. The Hall–Kier alpha value is -1.39. The molecule has 0 bridgehead atoms. The summed E-state index contributed by atoms with van der Waals surface area (Å²) in [7, 11) is 0. The largest absolute Gasteiger partial charge is 0.497 e. The minimum atomic E-state index is 0. The molecule has 0 unspecified atom stereocenters. The Labute approximate surface area is 97.0 Å². The Balaban J connectivity index is 0.000000253. The van der Waals surface area contributed by atoms with Crippen LogP contribution in [-0.2, 0) is 4.74 Å². The van der Waals surface area contributed by atoms with Crippen LogP contribution in [0.5, 0.6) is 0 Å². The summed E-state index contributed by atoms with van der Waals surface area (Å²) >= 11 is 0. The average Bonchev–Trinajstić information content (AvgIpc) is 2.33. The second-order valence-electron chi connectivity index (χ2n) is 2.60. The smallest absolute Gasteiger partial charge is 0.106 e. The van der Waals surface area contributed by atoms with Gasteiger partial charge in [0.05, 0.1) is 6.26 Å². The topological polar surface area (TPSA) is 47.3 Å². The Bertz CT molecular complexity index is 287. The van der Waals surface area contributed by atoms with Crippen LogP contribution in [-0.4, -0.2) is 6.61 Å². The number of hydrazine groups is 1. The summed E-state index contributed by atoms with van der Waals surface area (Å²) < 4.78 is 4.80. The molecule has 2 rings (SSSR count). The van der Waals surface area contributed by atoms with E-state index in [0.29, 0.717) is 0 Å². The molecule has 0 amide bonds. The molecule has 82 valence electrons. The number of ether oxygens (including phenoxy) is 1. The summed E-state index contributed by atoms with van der Waals surface area (Å²) in [5.41, 5.74) is 3.46. The van der Waals surface area contributed by atoms with Gasteiger partial charge < -0.3 is 10.2 Å². The van der Waals surface area contributed by atoms with Gasteiger partial charge in [-0.25, -0.2) is 0 Å². The molecule has 1 aliphatic heterocycles. The van der Waals surface area contributed by atoms with Crippen molar-refractivity contribution < 1.29 is 4.74 Å². The molecule has 1 aliphatic rings. The van der Waals surface area contributed by atoms with Gasteiger partial charge in [-0.3, -0.25) is 5.84 Å². The van der Waals surface area contributed by atoms with Crippen LogP contribution in [0.15, 0.2) is 54.8 Å². The SMILES string of the molecule is C1=CCOC=C1.NNc1ccccc1.S. The minimum Gasteiger partial charge on any atom is -0.497 e. The highest BCUT2D eigenvalue weighted by atomic mass is 32.1. The Morgan fingerprint density at radius 3 is 2.13 bits per heavy atom. The summed E-state index contributed by atoms with van der Waals surface area (Å²) in [5, 5.41) is 0. The standard InChI is InChI=1S/C6H8N2.C5H6O.H2S/c7-8-6-4-2-1-3-5-6;1-2-4-6-5-3-1;/h1-5,8H,7H2;1-4H,5H2;1H2. The van der Waals surface area contributed by atoms with E-state index in [-0.39, 0.29) is 13.5 Å². The fourth-order valence-electron chi connectivity index (χ4n) is 0.881. The van der Waals surface area contributed by atoms with Crippen molar-refractivity contribution in [2.24, 2.45) is 5.84 Å². The van der Waals surface area contributed by atoms with Crippen molar-refractivity contribution in [2.75, 3.05) is 12.0 Å². The molecule has 0 aliphatic carbocycles. The number of nitrogens with one attached hydrogen (secondary N) is 1. The Morgan fingerprint density at radius 1 is 1.13 bits per heavy atom. The molecule has 3 N–H and O–H groups in total. The van der Waals surface area contributed by atoms with E-state index in [1.807, 2.05) is 48.6 Å². The zero-order valence-electron chi connectivity index (χ0n) is 8.39. The summed E-state index contributed by atoms with van der Waals surface area (Å²) in [5.74, 6) is 5.10. The van der Waals surface area contributed by atoms with Crippen molar-refractivity contribution >= 4 is 19.2 Å². The highest BCUT2D eigenvalue weighted by Crippen LogP contribution is 2.00. The second kappa shape index (κ2) is 9.18. The normalized spacial score (nSPS) is 11.5. The zero-order valence-corrected chi connectivity index (χ0v) is 9.39. The van der Waals surface area contributed by atoms with E-state index in [4.69, 9.17) is 10.6 Å². The van der Waals surface area contributed by atoms with E-state index in [1.54, 1.807) is 6.26 Å². The number of hydrogen-bond donors (Lipinski definition) is 2. The average molecular weight is 224 g/mol. The third-order valence-corrected chi connectivity index (χ3v) is 1.55. The number of nitrogen functional groups attached to an aromatic ring is 1. The summed E-state index contributed by atoms with van der Waals surface area (Å²) in [6.07, 6.45) is 7.47. The predicted octanol–water partition coefficient (Wildman–Crippen LogP) is 2.17. The maximum absolute atomic E-state index is 5.10. The molecule has 0 atom stereocenters. The number of anilines is 1. The van der Waals surface area contributed by atoms with Crippen LogP contribution in [0, 0.1) is 0 Å². The molecule has 0 radical (unpaired) electrons. The maximum atomic E-state index is 5.10. The number of rotatable bonds is 1. The molecule has 1 aromatic carbocycles. The van der Waals surface area contributed by atoms with Crippen LogP contribution < -0.4 is 11.3 Å². The highest BCUT2D eigenvalue weighted by molar-refractivity contribution is 7.59. The van der Waals surface area contributed by atoms with Crippen molar-refractivity contribution in [3.63, 3.8) is 0 Å². The quantitative estimate of drug-likeness (QED) is 0.567. The van der Waals surface area contributed by atoms with E-state index in [1.165, 1.54) is 0 Å². The molecular weight excluding hydrogens is 208 g/mol. The molecule has 0 fully saturated rings. The molecule has 3 nitrogen and oxygen atoms in total. The molecule has 0 spiro atoms. The molecule has 15 heavy (non-hydrogen) atoms. The third kappa shape index (κ3) is 6.65. The maximum Gasteiger partial charge on any atom is 0.106 e. The number of para-hydroxylation sites is 1. The van der Waals surface area contributed by atoms with Crippen LogP contribution in [0.1, 0.15) is 0 Å². The van der Waals surface area contributed by atoms with Crippen LogP contribution in [0.25, 0.3) is 0 Å². The second-order valence-corrected chi connectivity index (χ2v) is 2.60. The van der Waals surface area contributed by atoms with Gasteiger partial charge in [0, 0.05) is 5.69 Å². The van der Waals surface area contributed by atoms with Crippen LogP contribution in [0.3, 0.4) is 0 Å². The summed E-state index contributed by atoms with van der Waals surface area (Å²) in [6, 6.07) is 9.60. The van der Waals surface area contributed by atoms with Crippen molar-refractivity contribution in [1.82, 2.24) is 0 Å². The van der Waals surface area contributed by atoms with Crippen molar-refractivity contribution in [3.8, 4) is 0 Å². The molecule has 4 heteroatoms. The van der Waals surface area contributed by atoms with Gasteiger partial charge in [-0.15, -0.1) is 0 Å². The van der Waals surface area contributed by atoms with Crippen LogP contribution in [0.2, 0.25) is 0 Å². The molecule has 0 saturated heterocycles. The number of benzene rings is 1. The first-order valence-corrected chi connectivity index (χ1v) is 4.38. The first-order valence-electron chi connectivity index (χ1n) is 4.38. The lowest BCUT2D eigenvalue weighted by Crippen LogP contribution is -2.05. The molecule has 1 heterocycles. The monoisotopic (exact) mass is 224 g/mol. The van der Waals surface area contributed by atoms with Crippen molar-refractivity contribution in [1.29, 1.82) is 0 Å². The van der Waals surface area contributed by atoms with Crippen LogP contribution in [0.4, 0.5) is 5.69 Å². The number of nitrogens with two attached hydrogens (primary N) is 1. The molecular formula is C11H16N2OS. The number of hydrogen-bond acceptors (Lipinski definition) is 3. The van der Waals surface area contributed by atoms with Gasteiger partial charge in [-0.05, 0) is 24.3 Å². The molecule has 1 aromatic rings. The summed E-state index contributed by atoms with van der Waals surface area (Å²) in [6.45, 7) is 0.733.